The Bertz CT molecular complexity index is 1240. The van der Waals surface area contributed by atoms with Crippen LogP contribution in [0.3, 0.4) is 0 Å². The molecule has 1 N–H and O–H groups in total. The van der Waals surface area contributed by atoms with Crippen LogP contribution < -0.4 is 10.2 Å². The summed E-state index contributed by atoms with van der Waals surface area (Å²) in [4.78, 5) is 18.0. The van der Waals surface area contributed by atoms with Gasteiger partial charge in [0.15, 0.2) is 5.82 Å². The SMILES string of the molecule is FC(F)c1nc2ccccc2n1-c1cc(NCC2CCC(N3CC[C@H](F)C3)CC2)nc(N2CCOCC2)n1. The van der Waals surface area contributed by atoms with E-state index in [-0.39, 0.29) is 5.82 Å². The quantitative estimate of drug-likeness (QED) is 0.480. The molecule has 1 saturated carbocycles. The van der Waals surface area contributed by atoms with Gasteiger partial charge in [-0.3, -0.25) is 9.47 Å². The average molecular weight is 530 g/mol. The minimum Gasteiger partial charge on any atom is -0.378 e. The molecule has 0 amide bonds. The van der Waals surface area contributed by atoms with Crippen LogP contribution in [0.2, 0.25) is 0 Å². The molecule has 38 heavy (non-hydrogen) atoms. The number of nitrogens with zero attached hydrogens (tertiary/aromatic N) is 6. The number of aromatic nitrogens is 4. The van der Waals surface area contributed by atoms with Crippen molar-refractivity contribution in [1.82, 2.24) is 24.4 Å². The van der Waals surface area contributed by atoms with Gasteiger partial charge in [-0.15, -0.1) is 0 Å². The first-order valence-electron chi connectivity index (χ1n) is 13.6. The molecule has 0 unspecified atom stereocenters. The summed E-state index contributed by atoms with van der Waals surface area (Å²) in [6, 6.07) is 9.32. The maximum atomic E-state index is 14.1. The van der Waals surface area contributed by atoms with E-state index in [1.165, 1.54) is 4.57 Å². The molecule has 4 heterocycles. The molecule has 3 aliphatic rings. The number of imidazole rings is 1. The van der Waals surface area contributed by atoms with Crippen molar-refractivity contribution in [3.05, 3.63) is 36.2 Å². The number of benzene rings is 1. The van der Waals surface area contributed by atoms with E-state index in [1.54, 1.807) is 24.3 Å². The molecule has 1 aliphatic carbocycles. The van der Waals surface area contributed by atoms with Gasteiger partial charge < -0.3 is 15.0 Å². The predicted octanol–water partition coefficient (Wildman–Crippen LogP) is 4.60. The van der Waals surface area contributed by atoms with Crippen LogP contribution in [0, 0.1) is 5.92 Å². The van der Waals surface area contributed by atoms with Crippen LogP contribution in [-0.2, 0) is 4.74 Å². The number of fused-ring (bicyclic) bond motifs is 1. The Kier molecular flexibility index (Phi) is 7.38. The van der Waals surface area contributed by atoms with Gasteiger partial charge in [0.2, 0.25) is 5.95 Å². The molecule has 11 heteroatoms. The topological polar surface area (TPSA) is 71.3 Å². The number of alkyl halides is 3. The molecule has 8 nitrogen and oxygen atoms in total. The van der Waals surface area contributed by atoms with E-state index < -0.39 is 12.6 Å². The molecule has 1 atom stereocenters. The lowest BCUT2D eigenvalue weighted by Crippen LogP contribution is -2.38. The first kappa shape index (κ1) is 25.4. The first-order chi connectivity index (χ1) is 18.5. The van der Waals surface area contributed by atoms with Crippen LogP contribution >= 0.6 is 0 Å². The number of para-hydroxylation sites is 2. The van der Waals surface area contributed by atoms with E-state index in [0.717, 1.165) is 38.8 Å². The highest BCUT2D eigenvalue weighted by molar-refractivity contribution is 5.78. The number of rotatable bonds is 7. The maximum Gasteiger partial charge on any atom is 0.296 e. The fraction of sp³-hybridized carbons (Fsp3) is 0.593. The van der Waals surface area contributed by atoms with Gasteiger partial charge in [-0.05, 0) is 50.2 Å². The molecule has 2 saturated heterocycles. The highest BCUT2D eigenvalue weighted by Gasteiger charge is 2.31. The van der Waals surface area contributed by atoms with E-state index in [1.807, 2.05) is 11.0 Å². The molecule has 2 aromatic heterocycles. The fourth-order valence-corrected chi connectivity index (χ4v) is 6.00. The summed E-state index contributed by atoms with van der Waals surface area (Å²) in [5, 5.41) is 3.48. The van der Waals surface area contributed by atoms with Crippen molar-refractivity contribution in [2.24, 2.45) is 5.92 Å². The predicted molar refractivity (Wildman–Crippen MR) is 140 cm³/mol. The van der Waals surface area contributed by atoms with Crippen LogP contribution in [0.15, 0.2) is 30.3 Å². The molecule has 0 spiro atoms. The van der Waals surface area contributed by atoms with Gasteiger partial charge in [0.25, 0.3) is 6.43 Å². The lowest BCUT2D eigenvalue weighted by molar-refractivity contribution is 0.122. The van der Waals surface area contributed by atoms with Crippen LogP contribution in [0.1, 0.15) is 44.4 Å². The molecule has 0 radical (unpaired) electrons. The summed E-state index contributed by atoms with van der Waals surface area (Å²) < 4.78 is 48.7. The van der Waals surface area contributed by atoms with Crippen LogP contribution in [0.4, 0.5) is 24.9 Å². The van der Waals surface area contributed by atoms with E-state index in [0.29, 0.717) is 79.8 Å². The normalized spacial score (nSPS) is 24.9. The number of anilines is 2. The molecule has 2 aliphatic heterocycles. The fourth-order valence-electron chi connectivity index (χ4n) is 6.00. The molecule has 3 fully saturated rings. The minimum atomic E-state index is -2.75. The van der Waals surface area contributed by atoms with Gasteiger partial charge in [-0.1, -0.05) is 12.1 Å². The van der Waals surface area contributed by atoms with Crippen LogP contribution in [0.25, 0.3) is 16.9 Å². The van der Waals surface area contributed by atoms with Gasteiger partial charge in [0.1, 0.15) is 17.8 Å². The molecule has 6 rings (SSSR count). The Hall–Kier alpha value is -2.92. The second kappa shape index (κ2) is 11.1. The molecule has 0 bridgehead atoms. The number of nitrogens with one attached hydrogen (secondary N) is 1. The van der Waals surface area contributed by atoms with Gasteiger partial charge in [0, 0.05) is 44.8 Å². The number of hydrogen-bond donors (Lipinski definition) is 1. The molecular weight excluding hydrogens is 495 g/mol. The average Bonchev–Trinajstić information content (AvgIpc) is 3.56. The smallest absolute Gasteiger partial charge is 0.296 e. The Morgan fingerprint density at radius 1 is 0.974 bits per heavy atom. The number of morpholine rings is 1. The third-order valence-corrected chi connectivity index (χ3v) is 8.07. The lowest BCUT2D eigenvalue weighted by Gasteiger charge is -2.34. The third-order valence-electron chi connectivity index (χ3n) is 8.07. The number of likely N-dealkylation sites (tertiary alicyclic amines) is 1. The van der Waals surface area contributed by atoms with E-state index in [2.05, 4.69) is 15.2 Å². The van der Waals surface area contributed by atoms with Crippen molar-refractivity contribution >= 4 is 22.8 Å². The zero-order valence-electron chi connectivity index (χ0n) is 21.4. The summed E-state index contributed by atoms with van der Waals surface area (Å²) in [6.45, 7) is 4.58. The second-order valence-corrected chi connectivity index (χ2v) is 10.5. The van der Waals surface area contributed by atoms with Gasteiger partial charge in [0.05, 0.1) is 24.2 Å². The Morgan fingerprint density at radius 2 is 1.76 bits per heavy atom. The monoisotopic (exact) mass is 529 g/mol. The van der Waals surface area contributed by atoms with E-state index >= 15 is 0 Å². The summed E-state index contributed by atoms with van der Waals surface area (Å²) in [7, 11) is 0. The van der Waals surface area contributed by atoms with Crippen molar-refractivity contribution in [3.8, 4) is 5.82 Å². The van der Waals surface area contributed by atoms with Crippen molar-refractivity contribution in [3.63, 3.8) is 0 Å². The third kappa shape index (κ3) is 5.31. The largest absolute Gasteiger partial charge is 0.378 e. The zero-order valence-corrected chi connectivity index (χ0v) is 21.4. The summed E-state index contributed by atoms with van der Waals surface area (Å²) in [5.41, 5.74) is 1.08. The molecule has 204 valence electrons. The van der Waals surface area contributed by atoms with Crippen LogP contribution in [0.5, 0.6) is 0 Å². The lowest BCUT2D eigenvalue weighted by atomic mass is 9.85. The molecule has 1 aromatic carbocycles. The van der Waals surface area contributed by atoms with Crippen molar-refractivity contribution in [2.45, 2.75) is 50.7 Å². The van der Waals surface area contributed by atoms with E-state index in [4.69, 9.17) is 14.7 Å². The number of halogens is 3. The van der Waals surface area contributed by atoms with Crippen molar-refractivity contribution < 1.29 is 17.9 Å². The number of hydrogen-bond acceptors (Lipinski definition) is 7. The van der Waals surface area contributed by atoms with Crippen molar-refractivity contribution in [1.29, 1.82) is 0 Å². The second-order valence-electron chi connectivity index (χ2n) is 10.5. The van der Waals surface area contributed by atoms with Crippen LogP contribution in [-0.4, -0.2) is 82.6 Å². The molecular formula is C27H34F3N7O. The van der Waals surface area contributed by atoms with Gasteiger partial charge >= 0.3 is 0 Å². The van der Waals surface area contributed by atoms with Crippen molar-refractivity contribution in [2.75, 3.05) is 56.2 Å². The highest BCUT2D eigenvalue weighted by Crippen LogP contribution is 2.32. The summed E-state index contributed by atoms with van der Waals surface area (Å²) >= 11 is 0. The van der Waals surface area contributed by atoms with E-state index in [9.17, 15) is 13.2 Å². The summed E-state index contributed by atoms with van der Waals surface area (Å²) in [6.07, 6.45) is 1.52. The van der Waals surface area contributed by atoms with Gasteiger partial charge in [-0.25, -0.2) is 18.2 Å². The first-order valence-corrected chi connectivity index (χ1v) is 13.6. The standard InChI is InChI=1S/C27H34F3N7O/c28-19-9-10-36(17-19)20-7-5-18(6-8-20)16-31-23-15-24(34-27(33-23)35-11-13-38-14-12-35)37-22-4-2-1-3-21(22)32-26(37)25(29)30/h1-4,15,18-20,25H,5-14,16-17H2,(H,31,33,34)/t18?,19-,20?/m0/s1. The molecule has 3 aromatic rings. The zero-order chi connectivity index (χ0) is 26.1. The van der Waals surface area contributed by atoms with Gasteiger partial charge in [-0.2, -0.15) is 9.97 Å². The Morgan fingerprint density at radius 3 is 2.50 bits per heavy atom. The maximum absolute atomic E-state index is 14.1. The summed E-state index contributed by atoms with van der Waals surface area (Å²) in [5.74, 6) is 1.61. The Labute approximate surface area is 220 Å². The Balaban J connectivity index is 1.24. The minimum absolute atomic E-state index is 0.334. The number of ether oxygens (including phenoxy) is 1. The highest BCUT2D eigenvalue weighted by atomic mass is 19.3.